The zero-order valence-corrected chi connectivity index (χ0v) is 13.5. The maximum atomic E-state index is 12.6. The van der Waals surface area contributed by atoms with E-state index in [1.807, 2.05) is 23.3 Å². The first kappa shape index (κ1) is 16.4. The summed E-state index contributed by atoms with van der Waals surface area (Å²) in [6.45, 7) is 2.90. The molecule has 1 unspecified atom stereocenters. The molecule has 1 N–H and O–H groups in total. The van der Waals surface area contributed by atoms with Crippen LogP contribution in [0, 0.1) is 5.92 Å². The van der Waals surface area contributed by atoms with E-state index in [1.165, 1.54) is 11.3 Å². The van der Waals surface area contributed by atoms with Crippen molar-refractivity contribution in [2.24, 2.45) is 5.92 Å². The fourth-order valence-corrected chi connectivity index (χ4v) is 3.75. The van der Waals surface area contributed by atoms with Gasteiger partial charge in [0.1, 0.15) is 16.5 Å². The van der Waals surface area contributed by atoms with Crippen LogP contribution in [-0.2, 0) is 6.42 Å². The molecule has 0 radical (unpaired) electrons. The Labute approximate surface area is 136 Å². The highest BCUT2D eigenvalue weighted by Gasteiger charge is 2.44. The number of aromatic nitrogens is 2. The minimum Gasteiger partial charge on any atom is -0.383 e. The third-order valence-corrected chi connectivity index (χ3v) is 5.10. The Balaban J connectivity index is 1.79. The molecule has 0 spiro atoms. The second-order valence-electron chi connectivity index (χ2n) is 5.77. The Bertz CT molecular complexity index is 680. The first-order chi connectivity index (χ1) is 10.9. The molecule has 3 rings (SSSR count). The Kier molecular flexibility index (Phi) is 4.46. The van der Waals surface area contributed by atoms with Crippen molar-refractivity contribution < 1.29 is 18.3 Å². The van der Waals surface area contributed by atoms with E-state index in [2.05, 4.69) is 9.97 Å². The van der Waals surface area contributed by atoms with Gasteiger partial charge in [0, 0.05) is 19.5 Å². The summed E-state index contributed by atoms with van der Waals surface area (Å²) in [5.74, 6) is 0.803. The SMILES string of the molecule is CCc1nc(N2CCC(C(O)C(F)(F)F)CC2)c2ccsc2n1. The fraction of sp³-hybridized carbons (Fsp3) is 0.600. The zero-order chi connectivity index (χ0) is 16.6. The van der Waals surface area contributed by atoms with Gasteiger partial charge in [0.2, 0.25) is 0 Å². The predicted octanol–water partition coefficient (Wildman–Crippen LogP) is 3.39. The lowest BCUT2D eigenvalue weighted by Crippen LogP contribution is -2.43. The maximum Gasteiger partial charge on any atom is 0.414 e. The molecule has 0 amide bonds. The van der Waals surface area contributed by atoms with Crippen LogP contribution in [0.2, 0.25) is 0 Å². The van der Waals surface area contributed by atoms with Crippen LogP contribution < -0.4 is 4.90 Å². The van der Waals surface area contributed by atoms with Gasteiger partial charge in [-0.05, 0) is 30.2 Å². The molecule has 2 aromatic heterocycles. The van der Waals surface area contributed by atoms with Crippen molar-refractivity contribution in [2.45, 2.75) is 38.5 Å². The van der Waals surface area contributed by atoms with Gasteiger partial charge in [-0.25, -0.2) is 9.97 Å². The predicted molar refractivity (Wildman–Crippen MR) is 83.8 cm³/mol. The first-order valence-electron chi connectivity index (χ1n) is 7.64. The lowest BCUT2D eigenvalue weighted by Gasteiger charge is -2.35. The van der Waals surface area contributed by atoms with Crippen LogP contribution in [0.15, 0.2) is 11.4 Å². The van der Waals surface area contributed by atoms with Crippen LogP contribution in [0.3, 0.4) is 0 Å². The van der Waals surface area contributed by atoms with E-state index in [-0.39, 0.29) is 0 Å². The molecule has 126 valence electrons. The minimum atomic E-state index is -4.54. The molecule has 0 aromatic carbocycles. The average Bonchev–Trinajstić information content (AvgIpc) is 3.01. The quantitative estimate of drug-likeness (QED) is 0.926. The summed E-state index contributed by atoms with van der Waals surface area (Å²) >= 11 is 1.54. The Morgan fingerprint density at radius 3 is 2.65 bits per heavy atom. The normalized spacial score (nSPS) is 18.6. The molecule has 1 atom stereocenters. The largest absolute Gasteiger partial charge is 0.414 e. The van der Waals surface area contributed by atoms with Gasteiger partial charge in [-0.2, -0.15) is 13.2 Å². The van der Waals surface area contributed by atoms with Gasteiger partial charge in [0.25, 0.3) is 0 Å². The van der Waals surface area contributed by atoms with E-state index < -0.39 is 18.2 Å². The Hall–Kier alpha value is -1.41. The number of aliphatic hydroxyl groups is 1. The van der Waals surface area contributed by atoms with Crippen LogP contribution in [0.4, 0.5) is 19.0 Å². The highest BCUT2D eigenvalue weighted by molar-refractivity contribution is 7.16. The van der Waals surface area contributed by atoms with Gasteiger partial charge in [-0.3, -0.25) is 0 Å². The van der Waals surface area contributed by atoms with Gasteiger partial charge in [-0.1, -0.05) is 6.92 Å². The number of anilines is 1. The average molecular weight is 345 g/mol. The standard InChI is InChI=1S/C15H18F3N3OS/c1-2-11-19-13(10-5-8-23-14(10)20-11)21-6-3-9(4-7-21)12(22)15(16,17)18/h5,8-9,12,22H,2-4,6-7H2,1H3. The smallest absolute Gasteiger partial charge is 0.383 e. The summed E-state index contributed by atoms with van der Waals surface area (Å²) in [6.07, 6.45) is -5.46. The molecule has 2 aromatic rings. The molecule has 1 fully saturated rings. The molecule has 8 heteroatoms. The Morgan fingerprint density at radius 2 is 2.04 bits per heavy atom. The number of hydrogen-bond acceptors (Lipinski definition) is 5. The molecule has 3 heterocycles. The van der Waals surface area contributed by atoms with Crippen LogP contribution in [-0.4, -0.2) is 40.4 Å². The second-order valence-corrected chi connectivity index (χ2v) is 6.66. The van der Waals surface area contributed by atoms with Crippen molar-refractivity contribution in [3.05, 3.63) is 17.3 Å². The molecule has 1 saturated heterocycles. The number of halogens is 3. The van der Waals surface area contributed by atoms with Crippen LogP contribution in [0.25, 0.3) is 10.2 Å². The number of aryl methyl sites for hydroxylation is 1. The van der Waals surface area contributed by atoms with E-state index in [0.29, 0.717) is 32.4 Å². The minimum absolute atomic E-state index is 0.303. The number of nitrogens with zero attached hydrogens (tertiary/aromatic N) is 3. The van der Waals surface area contributed by atoms with E-state index in [0.717, 1.165) is 21.9 Å². The number of aliphatic hydroxyl groups excluding tert-OH is 1. The molecule has 0 bridgehead atoms. The summed E-state index contributed by atoms with van der Waals surface area (Å²) in [7, 11) is 0. The first-order valence-corrected chi connectivity index (χ1v) is 8.52. The topological polar surface area (TPSA) is 49.2 Å². The zero-order valence-electron chi connectivity index (χ0n) is 12.7. The summed E-state index contributed by atoms with van der Waals surface area (Å²) in [4.78, 5) is 12.0. The van der Waals surface area contributed by atoms with E-state index >= 15 is 0 Å². The summed E-state index contributed by atoms with van der Waals surface area (Å²) in [5.41, 5.74) is 0. The van der Waals surface area contributed by atoms with Gasteiger partial charge in [-0.15, -0.1) is 11.3 Å². The third kappa shape index (κ3) is 3.28. The number of rotatable bonds is 3. The third-order valence-electron chi connectivity index (χ3n) is 4.29. The molecule has 1 aliphatic rings. The summed E-state index contributed by atoms with van der Waals surface area (Å²) < 4.78 is 37.9. The fourth-order valence-electron chi connectivity index (χ4n) is 2.98. The van der Waals surface area contributed by atoms with E-state index in [9.17, 15) is 18.3 Å². The number of piperidine rings is 1. The van der Waals surface area contributed by atoms with Crippen molar-refractivity contribution in [1.29, 1.82) is 0 Å². The highest BCUT2D eigenvalue weighted by atomic mass is 32.1. The Morgan fingerprint density at radius 1 is 1.35 bits per heavy atom. The number of alkyl halides is 3. The van der Waals surface area contributed by atoms with E-state index in [4.69, 9.17) is 0 Å². The molecule has 0 saturated carbocycles. The summed E-state index contributed by atoms with van der Waals surface area (Å²) in [6, 6.07) is 1.95. The van der Waals surface area contributed by atoms with Gasteiger partial charge in [0.15, 0.2) is 6.10 Å². The highest BCUT2D eigenvalue weighted by Crippen LogP contribution is 2.35. The molecule has 23 heavy (non-hydrogen) atoms. The molecule has 1 aliphatic heterocycles. The lowest BCUT2D eigenvalue weighted by molar-refractivity contribution is -0.221. The van der Waals surface area contributed by atoms with Crippen molar-refractivity contribution in [2.75, 3.05) is 18.0 Å². The van der Waals surface area contributed by atoms with Crippen LogP contribution >= 0.6 is 11.3 Å². The lowest BCUT2D eigenvalue weighted by atomic mass is 9.91. The van der Waals surface area contributed by atoms with Crippen molar-refractivity contribution in [3.63, 3.8) is 0 Å². The van der Waals surface area contributed by atoms with Gasteiger partial charge >= 0.3 is 6.18 Å². The van der Waals surface area contributed by atoms with Crippen LogP contribution in [0.1, 0.15) is 25.6 Å². The monoisotopic (exact) mass is 345 g/mol. The van der Waals surface area contributed by atoms with Crippen molar-refractivity contribution >= 4 is 27.4 Å². The van der Waals surface area contributed by atoms with Gasteiger partial charge in [0.05, 0.1) is 5.39 Å². The molecular formula is C15H18F3N3OS. The summed E-state index contributed by atoms with van der Waals surface area (Å²) in [5, 5.41) is 12.3. The number of hydrogen-bond donors (Lipinski definition) is 1. The van der Waals surface area contributed by atoms with Crippen LogP contribution in [0.5, 0.6) is 0 Å². The van der Waals surface area contributed by atoms with Gasteiger partial charge < -0.3 is 10.0 Å². The number of thiophene rings is 1. The molecule has 0 aliphatic carbocycles. The molecule has 4 nitrogen and oxygen atoms in total. The van der Waals surface area contributed by atoms with Crippen molar-refractivity contribution in [3.8, 4) is 0 Å². The number of fused-ring (bicyclic) bond motifs is 1. The van der Waals surface area contributed by atoms with Crippen molar-refractivity contribution in [1.82, 2.24) is 9.97 Å². The molecular weight excluding hydrogens is 327 g/mol. The second kappa shape index (κ2) is 6.24. The van der Waals surface area contributed by atoms with E-state index in [1.54, 1.807) is 0 Å². The maximum absolute atomic E-state index is 12.6.